The number of carbonyl (C=O) groups is 1. The summed E-state index contributed by atoms with van der Waals surface area (Å²) in [4.78, 5) is 11.9. The molecular formula is C21H32O2. The van der Waals surface area contributed by atoms with Crippen LogP contribution in [-0.2, 0) is 4.79 Å². The molecule has 128 valence electrons. The van der Waals surface area contributed by atoms with Crippen molar-refractivity contribution in [3.8, 4) is 0 Å². The number of aliphatic hydroxyl groups is 1. The maximum absolute atomic E-state index is 11.9. The molecule has 1 N–H and O–H groups in total. The fourth-order valence-corrected chi connectivity index (χ4v) is 7.39. The lowest BCUT2D eigenvalue weighted by molar-refractivity contribution is -0.117. The first-order valence-electron chi connectivity index (χ1n) is 9.78. The molecule has 0 aromatic carbocycles. The van der Waals surface area contributed by atoms with Gasteiger partial charge in [-0.2, -0.15) is 0 Å². The molecular weight excluding hydrogens is 284 g/mol. The largest absolute Gasteiger partial charge is 0.393 e. The number of fused-ring (bicyclic) bond motifs is 5. The molecule has 0 radical (unpaired) electrons. The second-order valence-electron chi connectivity index (χ2n) is 9.44. The van der Waals surface area contributed by atoms with Crippen LogP contribution in [0.3, 0.4) is 0 Å². The van der Waals surface area contributed by atoms with E-state index in [9.17, 15) is 9.90 Å². The monoisotopic (exact) mass is 316 g/mol. The van der Waals surface area contributed by atoms with E-state index in [4.69, 9.17) is 0 Å². The van der Waals surface area contributed by atoms with Crippen LogP contribution in [0.4, 0.5) is 0 Å². The number of ketones is 1. The fourth-order valence-electron chi connectivity index (χ4n) is 7.39. The Morgan fingerprint density at radius 3 is 2.61 bits per heavy atom. The molecule has 0 unspecified atom stereocenters. The quantitative estimate of drug-likeness (QED) is 0.772. The molecule has 0 aromatic rings. The molecule has 0 amide bonds. The van der Waals surface area contributed by atoms with Gasteiger partial charge in [-0.25, -0.2) is 0 Å². The number of hydrogen-bond acceptors (Lipinski definition) is 2. The average Bonchev–Trinajstić information content (AvgIpc) is 2.85. The van der Waals surface area contributed by atoms with Gasteiger partial charge in [0.05, 0.1) is 6.10 Å². The summed E-state index contributed by atoms with van der Waals surface area (Å²) in [7, 11) is 0. The van der Waals surface area contributed by atoms with Crippen molar-refractivity contribution in [1.82, 2.24) is 0 Å². The van der Waals surface area contributed by atoms with Gasteiger partial charge in [-0.1, -0.05) is 19.4 Å². The maximum Gasteiger partial charge on any atom is 0.155 e. The molecule has 4 aliphatic carbocycles. The number of rotatable bonds is 1. The Kier molecular flexibility index (Phi) is 3.58. The minimum atomic E-state index is -0.163. The summed E-state index contributed by atoms with van der Waals surface area (Å²) in [6.45, 7) is 6.92. The Hall–Kier alpha value is -0.630. The highest BCUT2D eigenvalue weighted by molar-refractivity contribution is 5.91. The van der Waals surface area contributed by atoms with Gasteiger partial charge in [-0.05, 0) is 92.4 Å². The molecule has 0 aromatic heterocycles. The summed E-state index contributed by atoms with van der Waals surface area (Å²) in [6.07, 6.45) is 11.1. The zero-order valence-electron chi connectivity index (χ0n) is 15.0. The van der Waals surface area contributed by atoms with Crippen LogP contribution in [0.2, 0.25) is 0 Å². The van der Waals surface area contributed by atoms with Crippen molar-refractivity contribution in [2.75, 3.05) is 0 Å². The standard InChI is InChI=1S/C21H32O2/c1-13(22)17-6-7-18-16-5-4-14-12-15(23)8-10-20(14,2)19(16)9-11-21(17,18)3/h12-13,16-19,22H,4-11H2,1-3H3/t13-,16-,17-,18-,19-,20-,21+/m0/s1. The van der Waals surface area contributed by atoms with Crippen LogP contribution in [0.15, 0.2) is 11.6 Å². The van der Waals surface area contributed by atoms with Crippen molar-refractivity contribution >= 4 is 5.78 Å². The predicted octanol–water partition coefficient (Wildman–Crippen LogP) is 4.52. The fraction of sp³-hybridized carbons (Fsp3) is 0.857. The van der Waals surface area contributed by atoms with Gasteiger partial charge >= 0.3 is 0 Å². The van der Waals surface area contributed by atoms with Crippen LogP contribution in [0.1, 0.15) is 72.1 Å². The molecule has 3 fully saturated rings. The number of aliphatic hydroxyl groups excluding tert-OH is 1. The number of carbonyl (C=O) groups excluding carboxylic acids is 1. The van der Waals surface area contributed by atoms with E-state index in [-0.39, 0.29) is 11.5 Å². The lowest BCUT2D eigenvalue weighted by Gasteiger charge is -2.58. The summed E-state index contributed by atoms with van der Waals surface area (Å²) >= 11 is 0. The summed E-state index contributed by atoms with van der Waals surface area (Å²) in [6, 6.07) is 0. The minimum absolute atomic E-state index is 0.163. The second kappa shape index (κ2) is 5.18. The van der Waals surface area contributed by atoms with Gasteiger partial charge in [-0.3, -0.25) is 4.79 Å². The van der Waals surface area contributed by atoms with Crippen LogP contribution >= 0.6 is 0 Å². The molecule has 0 bridgehead atoms. The summed E-state index contributed by atoms with van der Waals surface area (Å²) in [5.74, 6) is 3.21. The highest BCUT2D eigenvalue weighted by Gasteiger charge is 2.59. The molecule has 3 saturated carbocycles. The van der Waals surface area contributed by atoms with Gasteiger partial charge < -0.3 is 5.11 Å². The minimum Gasteiger partial charge on any atom is -0.393 e. The Morgan fingerprint density at radius 1 is 1.09 bits per heavy atom. The van der Waals surface area contributed by atoms with Crippen molar-refractivity contribution in [2.24, 2.45) is 34.5 Å². The van der Waals surface area contributed by atoms with E-state index in [0.717, 1.165) is 37.0 Å². The SMILES string of the molecule is C[C@H](O)[C@@H]1CC[C@H]2[C@@H]3CCC4=CC(=O)CC[C@]4(C)[C@H]3CC[C@@]21C. The lowest BCUT2D eigenvalue weighted by Crippen LogP contribution is -2.51. The Balaban J connectivity index is 1.66. The van der Waals surface area contributed by atoms with Crippen molar-refractivity contribution in [2.45, 2.75) is 78.2 Å². The molecule has 0 saturated heterocycles. The van der Waals surface area contributed by atoms with E-state index in [0.29, 0.717) is 17.1 Å². The highest BCUT2D eigenvalue weighted by atomic mass is 16.3. The third kappa shape index (κ3) is 2.13. The van der Waals surface area contributed by atoms with E-state index in [1.165, 1.54) is 37.7 Å². The van der Waals surface area contributed by atoms with Gasteiger partial charge in [0.15, 0.2) is 5.78 Å². The van der Waals surface area contributed by atoms with E-state index in [1.54, 1.807) is 0 Å². The van der Waals surface area contributed by atoms with Crippen molar-refractivity contribution in [1.29, 1.82) is 0 Å². The zero-order chi connectivity index (χ0) is 16.4. The van der Waals surface area contributed by atoms with Crippen molar-refractivity contribution in [3.63, 3.8) is 0 Å². The molecule has 7 atom stereocenters. The molecule has 4 rings (SSSR count). The summed E-state index contributed by atoms with van der Waals surface area (Å²) < 4.78 is 0. The predicted molar refractivity (Wildman–Crippen MR) is 91.9 cm³/mol. The van der Waals surface area contributed by atoms with E-state index < -0.39 is 0 Å². The van der Waals surface area contributed by atoms with E-state index >= 15 is 0 Å². The number of allylic oxidation sites excluding steroid dienone is 1. The van der Waals surface area contributed by atoms with Gasteiger partial charge in [-0.15, -0.1) is 0 Å². The first kappa shape index (κ1) is 15.9. The van der Waals surface area contributed by atoms with Gasteiger partial charge in [0.1, 0.15) is 0 Å². The van der Waals surface area contributed by atoms with Crippen LogP contribution in [0.5, 0.6) is 0 Å². The normalized spacial score (nSPS) is 50.6. The lowest BCUT2D eigenvalue weighted by atomic mass is 9.46. The third-order valence-corrected chi connectivity index (χ3v) is 8.62. The van der Waals surface area contributed by atoms with Gasteiger partial charge in [0.25, 0.3) is 0 Å². The third-order valence-electron chi connectivity index (χ3n) is 8.62. The van der Waals surface area contributed by atoms with E-state index in [2.05, 4.69) is 13.8 Å². The Bertz CT molecular complexity index is 548. The summed E-state index contributed by atoms with van der Waals surface area (Å²) in [5.41, 5.74) is 2.09. The van der Waals surface area contributed by atoms with Crippen LogP contribution in [0, 0.1) is 34.5 Å². The van der Waals surface area contributed by atoms with Crippen molar-refractivity contribution in [3.05, 3.63) is 11.6 Å². The van der Waals surface area contributed by atoms with Crippen molar-refractivity contribution < 1.29 is 9.90 Å². The van der Waals surface area contributed by atoms with Crippen LogP contribution in [0.25, 0.3) is 0 Å². The Labute approximate surface area is 140 Å². The smallest absolute Gasteiger partial charge is 0.155 e. The van der Waals surface area contributed by atoms with Crippen LogP contribution < -0.4 is 0 Å². The Morgan fingerprint density at radius 2 is 1.87 bits per heavy atom. The van der Waals surface area contributed by atoms with Crippen LogP contribution in [-0.4, -0.2) is 17.0 Å². The first-order valence-corrected chi connectivity index (χ1v) is 9.78. The van der Waals surface area contributed by atoms with Gasteiger partial charge in [0.2, 0.25) is 0 Å². The molecule has 2 nitrogen and oxygen atoms in total. The molecule has 2 heteroatoms. The summed E-state index contributed by atoms with van der Waals surface area (Å²) in [5, 5.41) is 10.3. The molecule has 0 heterocycles. The van der Waals surface area contributed by atoms with E-state index in [1.807, 2.05) is 13.0 Å². The molecule has 0 spiro atoms. The maximum atomic E-state index is 11.9. The number of hydrogen-bond donors (Lipinski definition) is 1. The molecule has 23 heavy (non-hydrogen) atoms. The molecule has 0 aliphatic heterocycles. The van der Waals surface area contributed by atoms with Gasteiger partial charge in [0, 0.05) is 6.42 Å². The highest BCUT2D eigenvalue weighted by Crippen LogP contribution is 2.66. The zero-order valence-corrected chi connectivity index (χ0v) is 15.0. The average molecular weight is 316 g/mol. The second-order valence-corrected chi connectivity index (χ2v) is 9.44. The molecule has 4 aliphatic rings. The topological polar surface area (TPSA) is 37.3 Å². The first-order chi connectivity index (χ1) is 10.9.